The van der Waals surface area contributed by atoms with Crippen LogP contribution in [0.25, 0.3) is 0 Å². The number of Topliss-reactive ketones (excluding diaryl/α,β-unsaturated/α-hetero) is 1. The summed E-state index contributed by atoms with van der Waals surface area (Å²) in [5, 5.41) is 21.2. The molecule has 2 aromatic rings. The van der Waals surface area contributed by atoms with Gasteiger partial charge in [0.05, 0.1) is 29.7 Å². The van der Waals surface area contributed by atoms with Crippen molar-refractivity contribution in [3.8, 4) is 17.9 Å². The quantitative estimate of drug-likeness (QED) is 0.568. The van der Waals surface area contributed by atoms with Gasteiger partial charge in [0.25, 0.3) is 0 Å². The maximum atomic E-state index is 13.7. The first-order chi connectivity index (χ1) is 17.3. The van der Waals surface area contributed by atoms with Gasteiger partial charge in [-0.3, -0.25) is 9.69 Å². The highest BCUT2D eigenvalue weighted by Crippen LogP contribution is 2.52. The van der Waals surface area contributed by atoms with Gasteiger partial charge in [-0.25, -0.2) is 0 Å². The molecule has 6 nitrogen and oxygen atoms in total. The van der Waals surface area contributed by atoms with Crippen molar-refractivity contribution >= 4 is 22.1 Å². The minimum atomic E-state index is -0.541. The highest BCUT2D eigenvalue weighted by atomic mass is 32.1. The van der Waals surface area contributed by atoms with E-state index in [0.29, 0.717) is 42.0 Å². The number of nitriles is 2. The smallest absolute Gasteiger partial charge is 0.162 e. The Morgan fingerprint density at radius 2 is 1.86 bits per heavy atom. The largest absolute Gasteiger partial charge is 0.494 e. The summed E-state index contributed by atoms with van der Waals surface area (Å²) in [5.41, 5.74) is 10.9. The second kappa shape index (κ2) is 9.15. The topological polar surface area (TPSA) is 103 Å². The summed E-state index contributed by atoms with van der Waals surface area (Å²) < 4.78 is 5.60. The summed E-state index contributed by atoms with van der Waals surface area (Å²) >= 11 is 1.59. The van der Waals surface area contributed by atoms with Gasteiger partial charge in [-0.1, -0.05) is 26.0 Å². The summed E-state index contributed by atoms with van der Waals surface area (Å²) in [7, 11) is 0. The Labute approximate surface area is 216 Å². The average molecular weight is 499 g/mol. The number of ether oxygens (including phenoxy) is 1. The Kier molecular flexibility index (Phi) is 6.14. The Bertz CT molecular complexity index is 1380. The fourth-order valence-electron chi connectivity index (χ4n) is 5.82. The first-order valence-corrected chi connectivity index (χ1v) is 13.3. The molecule has 184 valence electrons. The number of hydrogen-bond acceptors (Lipinski definition) is 7. The van der Waals surface area contributed by atoms with Gasteiger partial charge in [0.1, 0.15) is 22.6 Å². The highest BCUT2D eigenvalue weighted by molar-refractivity contribution is 7.16. The molecule has 0 saturated heterocycles. The van der Waals surface area contributed by atoms with Crippen LogP contribution in [-0.4, -0.2) is 12.4 Å². The lowest BCUT2D eigenvalue weighted by atomic mass is 9.68. The van der Waals surface area contributed by atoms with Crippen LogP contribution in [0.4, 0.5) is 5.00 Å². The van der Waals surface area contributed by atoms with Crippen LogP contribution in [0.2, 0.25) is 0 Å². The van der Waals surface area contributed by atoms with Gasteiger partial charge in [-0.05, 0) is 67.7 Å². The molecule has 1 aromatic heterocycles. The summed E-state index contributed by atoms with van der Waals surface area (Å²) in [5.74, 6) is 0.545. The van der Waals surface area contributed by atoms with E-state index in [0.717, 1.165) is 53.3 Å². The lowest BCUT2D eigenvalue weighted by Gasteiger charge is -2.43. The van der Waals surface area contributed by atoms with Crippen LogP contribution in [-0.2, 0) is 17.6 Å². The molecule has 1 atom stereocenters. The molecule has 1 aliphatic heterocycles. The van der Waals surface area contributed by atoms with Crippen molar-refractivity contribution in [3.63, 3.8) is 0 Å². The minimum absolute atomic E-state index is 0.0326. The third-order valence-electron chi connectivity index (χ3n) is 7.37. The van der Waals surface area contributed by atoms with Crippen molar-refractivity contribution in [2.75, 3.05) is 11.5 Å². The highest BCUT2D eigenvalue weighted by Gasteiger charge is 2.45. The van der Waals surface area contributed by atoms with Crippen LogP contribution in [0.3, 0.4) is 0 Å². The fourth-order valence-corrected chi connectivity index (χ4v) is 7.20. The molecule has 0 amide bonds. The molecule has 0 radical (unpaired) electrons. The molecule has 1 aromatic carbocycles. The Hall–Kier alpha value is -3.55. The third kappa shape index (κ3) is 3.88. The predicted molar refractivity (Wildman–Crippen MR) is 140 cm³/mol. The maximum absolute atomic E-state index is 13.7. The molecule has 0 spiro atoms. The molecule has 0 bridgehead atoms. The summed E-state index contributed by atoms with van der Waals surface area (Å²) in [6, 6.07) is 12.3. The molecule has 5 rings (SSSR count). The number of benzene rings is 1. The number of anilines is 1. The normalized spacial score (nSPS) is 21.0. The SMILES string of the molecule is CCOc1ccc([C@@H]2C(C#N)=C(N)N(c3sc4c(c3C#N)CCCC4)C3=C2C(=O)CC(C)(C)C3)cc1. The molecule has 7 heteroatoms. The van der Waals surface area contributed by atoms with Gasteiger partial charge in [-0.15, -0.1) is 11.3 Å². The number of nitrogens with zero attached hydrogens (tertiary/aromatic N) is 3. The standard InChI is InChI=1S/C29H30N4O2S/c1-4-35-18-11-9-17(10-12-18)25-21(16-31)27(32)33(22-13-29(2,3)14-23(34)26(22)25)28-20(15-30)19-7-5-6-8-24(19)36-28/h9-12,25H,4-8,13-14,32H2,1-3H3/t25-/m1/s1. The van der Waals surface area contributed by atoms with Crippen LogP contribution in [0.5, 0.6) is 5.75 Å². The molecule has 0 unspecified atom stereocenters. The van der Waals surface area contributed by atoms with Crippen LogP contribution in [0, 0.1) is 28.1 Å². The van der Waals surface area contributed by atoms with Gasteiger partial charge < -0.3 is 10.5 Å². The molecule has 3 aliphatic rings. The lowest BCUT2D eigenvalue weighted by Crippen LogP contribution is -2.42. The van der Waals surface area contributed by atoms with E-state index in [1.807, 2.05) is 36.1 Å². The Morgan fingerprint density at radius 1 is 1.14 bits per heavy atom. The number of hydrogen-bond donors (Lipinski definition) is 1. The van der Waals surface area contributed by atoms with Crippen molar-refractivity contribution in [1.82, 2.24) is 0 Å². The second-order valence-corrected chi connectivity index (χ2v) is 11.6. The Morgan fingerprint density at radius 3 is 2.53 bits per heavy atom. The molecule has 2 aliphatic carbocycles. The molecular formula is C29H30N4O2S. The average Bonchev–Trinajstić information content (AvgIpc) is 3.21. The zero-order valence-corrected chi connectivity index (χ0v) is 21.8. The zero-order chi connectivity index (χ0) is 25.6. The van der Waals surface area contributed by atoms with Crippen molar-refractivity contribution in [1.29, 1.82) is 10.5 Å². The van der Waals surface area contributed by atoms with Gasteiger partial charge in [-0.2, -0.15) is 10.5 Å². The van der Waals surface area contributed by atoms with E-state index in [1.165, 1.54) is 4.88 Å². The van der Waals surface area contributed by atoms with Gasteiger partial charge in [0.2, 0.25) is 0 Å². The van der Waals surface area contributed by atoms with E-state index in [9.17, 15) is 15.3 Å². The van der Waals surface area contributed by atoms with E-state index >= 15 is 0 Å². The van der Waals surface area contributed by atoms with Crippen LogP contribution in [0.1, 0.15) is 73.9 Å². The summed E-state index contributed by atoms with van der Waals surface area (Å²) in [6.45, 7) is 6.66. The van der Waals surface area contributed by atoms with Crippen molar-refractivity contribution in [3.05, 3.63) is 68.5 Å². The van der Waals surface area contributed by atoms with Crippen LogP contribution in [0.15, 0.2) is 46.9 Å². The van der Waals surface area contributed by atoms with Crippen LogP contribution >= 0.6 is 11.3 Å². The van der Waals surface area contributed by atoms with Crippen LogP contribution < -0.4 is 15.4 Å². The number of carbonyl (C=O) groups is 1. The van der Waals surface area contributed by atoms with Gasteiger partial charge in [0, 0.05) is 22.6 Å². The number of rotatable bonds is 4. The van der Waals surface area contributed by atoms with E-state index < -0.39 is 5.92 Å². The van der Waals surface area contributed by atoms with E-state index in [-0.39, 0.29) is 11.2 Å². The number of aryl methyl sites for hydroxylation is 1. The van der Waals surface area contributed by atoms with Crippen molar-refractivity contribution in [2.24, 2.45) is 11.1 Å². The zero-order valence-electron chi connectivity index (χ0n) is 21.0. The van der Waals surface area contributed by atoms with Crippen molar-refractivity contribution < 1.29 is 9.53 Å². The second-order valence-electron chi connectivity index (χ2n) is 10.5. The Balaban J connectivity index is 1.74. The molecule has 2 N–H and O–H groups in total. The van der Waals surface area contributed by atoms with Gasteiger partial charge >= 0.3 is 0 Å². The number of carbonyl (C=O) groups excluding carboxylic acids is 1. The van der Waals surface area contributed by atoms with E-state index in [2.05, 4.69) is 26.0 Å². The first kappa shape index (κ1) is 24.2. The van der Waals surface area contributed by atoms with E-state index in [4.69, 9.17) is 10.5 Å². The van der Waals surface area contributed by atoms with Crippen molar-refractivity contribution in [2.45, 2.75) is 65.2 Å². The number of ketones is 1. The third-order valence-corrected chi connectivity index (χ3v) is 8.65. The molecule has 0 fully saturated rings. The monoisotopic (exact) mass is 498 g/mol. The van der Waals surface area contributed by atoms with Gasteiger partial charge in [0.15, 0.2) is 5.78 Å². The maximum Gasteiger partial charge on any atom is 0.162 e. The number of thiophene rings is 1. The predicted octanol–water partition coefficient (Wildman–Crippen LogP) is 5.84. The number of fused-ring (bicyclic) bond motifs is 1. The summed E-state index contributed by atoms with van der Waals surface area (Å²) in [4.78, 5) is 16.8. The molecule has 36 heavy (non-hydrogen) atoms. The summed E-state index contributed by atoms with van der Waals surface area (Å²) in [6.07, 6.45) is 5.02. The molecule has 0 saturated carbocycles. The number of nitrogens with two attached hydrogens (primary N) is 1. The molecular weight excluding hydrogens is 468 g/mol. The molecule has 2 heterocycles. The first-order valence-electron chi connectivity index (χ1n) is 12.5. The fraction of sp³-hybridized carbons (Fsp3) is 0.414. The van der Waals surface area contributed by atoms with E-state index in [1.54, 1.807) is 11.3 Å². The lowest BCUT2D eigenvalue weighted by molar-refractivity contribution is -0.118. The minimum Gasteiger partial charge on any atom is -0.494 e. The number of allylic oxidation sites excluding steroid dienone is 3.